The van der Waals surface area contributed by atoms with Gasteiger partial charge in [-0.05, 0) is 48.5 Å². The van der Waals surface area contributed by atoms with Crippen LogP contribution in [0.25, 0.3) is 72.6 Å². The highest BCUT2D eigenvalue weighted by Gasteiger charge is 2.18. The van der Waals surface area contributed by atoms with Crippen LogP contribution in [0.5, 0.6) is 0 Å². The summed E-state index contributed by atoms with van der Waals surface area (Å²) < 4.78 is 6.56. The van der Waals surface area contributed by atoms with Crippen molar-refractivity contribution >= 4 is 32.8 Å². The van der Waals surface area contributed by atoms with Gasteiger partial charge in [0.05, 0.1) is 22.2 Å². The smallest absolute Gasteiger partial charge is 0.141 e. The van der Waals surface area contributed by atoms with Crippen LogP contribution in [-0.2, 0) is 14.1 Å². The van der Waals surface area contributed by atoms with Gasteiger partial charge in [0.15, 0.2) is 0 Å². The van der Waals surface area contributed by atoms with Crippen molar-refractivity contribution in [3.63, 3.8) is 0 Å². The molecule has 6 nitrogen and oxygen atoms in total. The van der Waals surface area contributed by atoms with Crippen LogP contribution in [0.1, 0.15) is 0 Å². The molecule has 0 unspecified atom stereocenters. The molecule has 0 N–H and O–H groups in total. The number of para-hydroxylation sites is 2. The molecule has 6 heteroatoms. The molecule has 8 aromatic rings. The molecule has 4 aromatic heterocycles. The molecular weight excluding hydrogens is 504 g/mol. The molecule has 0 aliphatic heterocycles. The van der Waals surface area contributed by atoms with Gasteiger partial charge in [-0.2, -0.15) is 0 Å². The average Bonchev–Trinajstić information content (AvgIpc) is 3.70. The molecule has 0 saturated carbocycles. The molecule has 8 rings (SSSR count). The highest BCUT2D eigenvalue weighted by atomic mass is 15.1. The van der Waals surface area contributed by atoms with E-state index >= 15 is 0 Å². The summed E-state index contributed by atoms with van der Waals surface area (Å²) >= 11 is 0. The molecular formula is C35H26N6. The van der Waals surface area contributed by atoms with Gasteiger partial charge in [-0.1, -0.05) is 54.6 Å². The van der Waals surface area contributed by atoms with Crippen molar-refractivity contribution in [3.8, 4) is 39.7 Å². The van der Waals surface area contributed by atoms with E-state index in [9.17, 15) is 0 Å². The van der Waals surface area contributed by atoms with Crippen LogP contribution in [0.4, 0.5) is 0 Å². The molecule has 0 atom stereocenters. The molecule has 0 radical (unpaired) electrons. The number of pyridine rings is 1. The second-order valence-electron chi connectivity index (χ2n) is 10.4. The zero-order valence-corrected chi connectivity index (χ0v) is 22.7. The standard InChI is InChI=1S/C35H26N6/c1-39-20-19-37-35(39)28-12-8-15-31-33(28)38-34(40(31)2)24-16-17-27-26-11-3-4-14-30(26)41(32(27)22-24)25-10-7-9-23(21-25)29-13-5-6-18-36-29/h3-22H,1-2H3. The Morgan fingerprint density at radius 1 is 0.585 bits per heavy atom. The molecule has 0 spiro atoms. The first-order valence-electron chi connectivity index (χ1n) is 13.7. The first-order chi connectivity index (χ1) is 20.2. The summed E-state index contributed by atoms with van der Waals surface area (Å²) in [4.78, 5) is 14.4. The van der Waals surface area contributed by atoms with Gasteiger partial charge in [0.2, 0.25) is 0 Å². The second-order valence-corrected chi connectivity index (χ2v) is 10.4. The normalized spacial score (nSPS) is 11.7. The van der Waals surface area contributed by atoms with E-state index in [2.05, 4.69) is 111 Å². The summed E-state index contributed by atoms with van der Waals surface area (Å²) in [6.07, 6.45) is 5.63. The third kappa shape index (κ3) is 3.61. The fourth-order valence-corrected chi connectivity index (χ4v) is 6.00. The minimum absolute atomic E-state index is 0.906. The van der Waals surface area contributed by atoms with Gasteiger partial charge < -0.3 is 13.7 Å². The van der Waals surface area contributed by atoms with Crippen LogP contribution in [-0.4, -0.2) is 28.7 Å². The lowest BCUT2D eigenvalue weighted by molar-refractivity contribution is 0.926. The largest absolute Gasteiger partial charge is 0.334 e. The SMILES string of the molecule is Cn1ccnc1-c1cccc2c1nc(-c1ccc3c4ccccc4n(-c4cccc(-c5ccccn5)c4)c3c1)n2C. The average molecular weight is 531 g/mol. The van der Waals surface area contributed by atoms with Gasteiger partial charge >= 0.3 is 0 Å². The van der Waals surface area contributed by atoms with E-state index in [1.807, 2.05) is 48.4 Å². The predicted octanol–water partition coefficient (Wildman–Crippen LogP) is 7.80. The van der Waals surface area contributed by atoms with E-state index in [1.54, 1.807) is 0 Å². The number of benzene rings is 4. The topological polar surface area (TPSA) is 53.5 Å². The Labute approximate surface area is 236 Å². The fraction of sp³-hybridized carbons (Fsp3) is 0.0571. The van der Waals surface area contributed by atoms with Gasteiger partial charge in [-0.3, -0.25) is 4.98 Å². The maximum absolute atomic E-state index is 5.19. The molecule has 4 heterocycles. The molecule has 0 bridgehead atoms. The first-order valence-corrected chi connectivity index (χ1v) is 13.7. The van der Waals surface area contributed by atoms with Crippen LogP contribution in [0.15, 0.2) is 122 Å². The summed E-state index contributed by atoms with van der Waals surface area (Å²) in [7, 11) is 4.10. The number of nitrogens with zero attached hydrogens (tertiary/aromatic N) is 6. The Bertz CT molecular complexity index is 2230. The van der Waals surface area contributed by atoms with Crippen molar-refractivity contribution in [2.75, 3.05) is 0 Å². The highest BCUT2D eigenvalue weighted by Crippen LogP contribution is 2.37. The summed E-state index contributed by atoms with van der Waals surface area (Å²) in [6.45, 7) is 0. The summed E-state index contributed by atoms with van der Waals surface area (Å²) in [6, 6.07) is 36.2. The van der Waals surface area contributed by atoms with Gasteiger partial charge in [0.25, 0.3) is 0 Å². The van der Waals surface area contributed by atoms with Gasteiger partial charge in [-0.15, -0.1) is 0 Å². The van der Waals surface area contributed by atoms with Crippen molar-refractivity contribution < 1.29 is 0 Å². The van der Waals surface area contributed by atoms with Crippen molar-refractivity contribution in [2.24, 2.45) is 14.1 Å². The van der Waals surface area contributed by atoms with Crippen molar-refractivity contribution in [1.82, 2.24) is 28.7 Å². The van der Waals surface area contributed by atoms with Crippen LogP contribution in [0.2, 0.25) is 0 Å². The van der Waals surface area contributed by atoms with E-state index in [1.165, 1.54) is 16.3 Å². The van der Waals surface area contributed by atoms with Crippen LogP contribution in [0, 0.1) is 0 Å². The van der Waals surface area contributed by atoms with Crippen molar-refractivity contribution in [3.05, 3.63) is 122 Å². The molecule has 4 aromatic carbocycles. The summed E-state index contributed by atoms with van der Waals surface area (Å²) in [5.74, 6) is 1.83. The van der Waals surface area contributed by atoms with E-state index in [4.69, 9.17) is 4.98 Å². The zero-order valence-electron chi connectivity index (χ0n) is 22.7. The predicted molar refractivity (Wildman–Crippen MR) is 166 cm³/mol. The lowest BCUT2D eigenvalue weighted by atomic mass is 10.1. The third-order valence-electron chi connectivity index (χ3n) is 7.97. The number of fused-ring (bicyclic) bond motifs is 4. The number of rotatable bonds is 4. The molecule has 0 fully saturated rings. The minimum atomic E-state index is 0.906. The third-order valence-corrected chi connectivity index (χ3v) is 7.97. The van der Waals surface area contributed by atoms with Gasteiger partial charge in [0, 0.05) is 65.8 Å². The Balaban J connectivity index is 1.36. The number of aryl methyl sites for hydroxylation is 2. The van der Waals surface area contributed by atoms with E-state index in [0.717, 1.165) is 56.3 Å². The summed E-state index contributed by atoms with van der Waals surface area (Å²) in [5, 5.41) is 2.43. The maximum Gasteiger partial charge on any atom is 0.141 e. The van der Waals surface area contributed by atoms with Crippen molar-refractivity contribution in [1.29, 1.82) is 0 Å². The Hall–Kier alpha value is -5.49. The van der Waals surface area contributed by atoms with Crippen LogP contribution in [0.3, 0.4) is 0 Å². The lowest BCUT2D eigenvalue weighted by Gasteiger charge is -2.11. The number of imidazole rings is 2. The molecule has 0 amide bonds. The monoisotopic (exact) mass is 530 g/mol. The van der Waals surface area contributed by atoms with E-state index in [-0.39, 0.29) is 0 Å². The molecule has 196 valence electrons. The number of aromatic nitrogens is 6. The van der Waals surface area contributed by atoms with Gasteiger partial charge in [-0.25, -0.2) is 9.97 Å². The highest BCUT2D eigenvalue weighted by molar-refractivity contribution is 6.10. The number of hydrogen-bond acceptors (Lipinski definition) is 3. The molecule has 0 saturated heterocycles. The summed E-state index contributed by atoms with van der Waals surface area (Å²) in [5.41, 5.74) is 9.55. The van der Waals surface area contributed by atoms with E-state index in [0.29, 0.717) is 0 Å². The van der Waals surface area contributed by atoms with E-state index < -0.39 is 0 Å². The van der Waals surface area contributed by atoms with Crippen LogP contribution < -0.4 is 0 Å². The fourth-order valence-electron chi connectivity index (χ4n) is 6.00. The minimum Gasteiger partial charge on any atom is -0.334 e. The second kappa shape index (κ2) is 9.03. The first kappa shape index (κ1) is 23.4. The molecule has 0 aliphatic rings. The van der Waals surface area contributed by atoms with Gasteiger partial charge in [0.1, 0.15) is 17.2 Å². The lowest BCUT2D eigenvalue weighted by Crippen LogP contribution is -1.96. The molecule has 0 aliphatic carbocycles. The number of hydrogen-bond donors (Lipinski definition) is 0. The van der Waals surface area contributed by atoms with Crippen LogP contribution >= 0.6 is 0 Å². The van der Waals surface area contributed by atoms with Crippen molar-refractivity contribution in [2.45, 2.75) is 0 Å². The Kier molecular flexibility index (Phi) is 5.15. The quantitative estimate of drug-likeness (QED) is 0.233. The molecule has 41 heavy (non-hydrogen) atoms. The Morgan fingerprint density at radius 3 is 2.27 bits per heavy atom. The maximum atomic E-state index is 5.19. The zero-order chi connectivity index (χ0) is 27.5. The Morgan fingerprint density at radius 2 is 1.41 bits per heavy atom.